The molecule has 6 nitrogen and oxygen atoms in total. The molecule has 0 atom stereocenters. The summed E-state index contributed by atoms with van der Waals surface area (Å²) in [5.41, 5.74) is 1.13. The lowest BCUT2D eigenvalue weighted by molar-refractivity contribution is 0.171. The molecule has 0 spiro atoms. The number of rotatable bonds is 6. The molecule has 2 aliphatic rings. The van der Waals surface area contributed by atoms with Gasteiger partial charge in [0.15, 0.2) is 17.5 Å². The highest BCUT2D eigenvalue weighted by molar-refractivity contribution is 14.0. The Bertz CT molecular complexity index is 651. The molecule has 2 heterocycles. The largest absolute Gasteiger partial charge is 0.486 e. The van der Waals surface area contributed by atoms with E-state index in [-0.39, 0.29) is 24.0 Å². The molecule has 1 aromatic rings. The van der Waals surface area contributed by atoms with Gasteiger partial charge in [-0.2, -0.15) is 0 Å². The number of nitrogens with one attached hydrogen (secondary N) is 2. The van der Waals surface area contributed by atoms with E-state index in [2.05, 4.69) is 27.4 Å². The highest BCUT2D eigenvalue weighted by Crippen LogP contribution is 2.38. The number of hydrogen-bond acceptors (Lipinski definition) is 4. The SMILES string of the molecule is CCCN1CCC(NC(=NC)NCCc2cc(Cl)c3c(c2)OCCO3)CC1.I. The summed E-state index contributed by atoms with van der Waals surface area (Å²) in [7, 11) is 1.82. The highest BCUT2D eigenvalue weighted by Gasteiger charge is 2.19. The number of halogens is 2. The van der Waals surface area contributed by atoms with Gasteiger partial charge < -0.3 is 25.0 Å². The van der Waals surface area contributed by atoms with E-state index in [0.29, 0.717) is 30.0 Å². The summed E-state index contributed by atoms with van der Waals surface area (Å²) >= 11 is 6.31. The number of aliphatic imine (C=N–C) groups is 1. The molecular formula is C20H32ClIN4O2. The molecule has 0 bridgehead atoms. The molecule has 28 heavy (non-hydrogen) atoms. The van der Waals surface area contributed by atoms with Crippen LogP contribution < -0.4 is 20.1 Å². The summed E-state index contributed by atoms with van der Waals surface area (Å²) in [6.45, 7) is 7.68. The first kappa shape index (κ1) is 23.3. The first-order valence-electron chi connectivity index (χ1n) is 9.97. The summed E-state index contributed by atoms with van der Waals surface area (Å²) in [5.74, 6) is 2.27. The maximum atomic E-state index is 6.31. The lowest BCUT2D eigenvalue weighted by Gasteiger charge is -2.32. The van der Waals surface area contributed by atoms with Gasteiger partial charge in [-0.1, -0.05) is 18.5 Å². The monoisotopic (exact) mass is 522 g/mol. The molecule has 0 aromatic heterocycles. The van der Waals surface area contributed by atoms with Crippen LogP contribution in [0.4, 0.5) is 0 Å². The van der Waals surface area contributed by atoms with Crippen molar-refractivity contribution in [3.8, 4) is 11.5 Å². The molecule has 2 aliphatic heterocycles. The van der Waals surface area contributed by atoms with Crippen molar-refractivity contribution in [2.24, 2.45) is 4.99 Å². The van der Waals surface area contributed by atoms with Crippen LogP contribution in [0.1, 0.15) is 31.7 Å². The van der Waals surface area contributed by atoms with E-state index < -0.39 is 0 Å². The lowest BCUT2D eigenvalue weighted by Crippen LogP contribution is -2.49. The van der Waals surface area contributed by atoms with Gasteiger partial charge in [0.25, 0.3) is 0 Å². The van der Waals surface area contributed by atoms with Gasteiger partial charge >= 0.3 is 0 Å². The van der Waals surface area contributed by atoms with Gasteiger partial charge in [-0.25, -0.2) is 0 Å². The number of piperidine rings is 1. The Morgan fingerprint density at radius 3 is 2.71 bits per heavy atom. The Morgan fingerprint density at radius 1 is 1.25 bits per heavy atom. The average molecular weight is 523 g/mol. The number of guanidine groups is 1. The number of ether oxygens (including phenoxy) is 2. The Hall–Kier alpha value is -0.930. The van der Waals surface area contributed by atoms with Crippen LogP contribution in [-0.4, -0.2) is 63.3 Å². The fourth-order valence-corrected chi connectivity index (χ4v) is 3.93. The Kier molecular flexibility index (Phi) is 9.94. The van der Waals surface area contributed by atoms with Crippen LogP contribution >= 0.6 is 35.6 Å². The molecule has 0 aliphatic carbocycles. The van der Waals surface area contributed by atoms with E-state index in [1.165, 1.54) is 25.8 Å². The smallest absolute Gasteiger partial charge is 0.191 e. The molecule has 0 saturated carbocycles. The predicted octanol–water partition coefficient (Wildman–Crippen LogP) is 3.31. The number of fused-ring (bicyclic) bond motifs is 1. The van der Waals surface area contributed by atoms with Crippen molar-refractivity contribution >= 4 is 41.5 Å². The normalized spacial score (nSPS) is 17.8. The zero-order valence-electron chi connectivity index (χ0n) is 16.8. The molecule has 1 aromatic carbocycles. The van der Waals surface area contributed by atoms with E-state index in [0.717, 1.165) is 43.3 Å². The van der Waals surface area contributed by atoms with Crippen LogP contribution in [-0.2, 0) is 6.42 Å². The van der Waals surface area contributed by atoms with E-state index in [1.54, 1.807) is 0 Å². The van der Waals surface area contributed by atoms with E-state index in [4.69, 9.17) is 21.1 Å². The molecular weight excluding hydrogens is 491 g/mol. The second-order valence-corrected chi connectivity index (χ2v) is 7.52. The van der Waals surface area contributed by atoms with Crippen LogP contribution in [0.15, 0.2) is 17.1 Å². The van der Waals surface area contributed by atoms with Gasteiger partial charge in [0, 0.05) is 32.7 Å². The average Bonchev–Trinajstić information content (AvgIpc) is 2.69. The topological polar surface area (TPSA) is 58.1 Å². The predicted molar refractivity (Wildman–Crippen MR) is 126 cm³/mol. The third-order valence-corrected chi connectivity index (χ3v) is 5.34. The molecule has 1 saturated heterocycles. The third-order valence-electron chi connectivity index (χ3n) is 5.05. The zero-order chi connectivity index (χ0) is 19.1. The molecule has 158 valence electrons. The van der Waals surface area contributed by atoms with Crippen molar-refractivity contribution in [1.82, 2.24) is 15.5 Å². The summed E-state index contributed by atoms with van der Waals surface area (Å²) in [4.78, 5) is 6.91. The van der Waals surface area contributed by atoms with Crippen LogP contribution in [0.3, 0.4) is 0 Å². The second-order valence-electron chi connectivity index (χ2n) is 7.11. The van der Waals surface area contributed by atoms with Crippen LogP contribution in [0.25, 0.3) is 0 Å². The summed E-state index contributed by atoms with van der Waals surface area (Å²) < 4.78 is 11.2. The van der Waals surface area contributed by atoms with E-state index in [1.807, 2.05) is 19.2 Å². The number of likely N-dealkylation sites (tertiary alicyclic amines) is 1. The maximum Gasteiger partial charge on any atom is 0.191 e. The van der Waals surface area contributed by atoms with Gasteiger partial charge in [-0.3, -0.25) is 4.99 Å². The fourth-order valence-electron chi connectivity index (χ4n) is 3.64. The van der Waals surface area contributed by atoms with Crippen LogP contribution in [0.2, 0.25) is 5.02 Å². The van der Waals surface area contributed by atoms with Crippen molar-refractivity contribution < 1.29 is 9.47 Å². The Balaban J connectivity index is 0.00000280. The molecule has 2 N–H and O–H groups in total. The number of benzene rings is 1. The molecule has 1 fully saturated rings. The van der Waals surface area contributed by atoms with Crippen LogP contribution in [0.5, 0.6) is 11.5 Å². The highest BCUT2D eigenvalue weighted by atomic mass is 127. The second kappa shape index (κ2) is 11.9. The molecule has 8 heteroatoms. The van der Waals surface area contributed by atoms with Crippen molar-refractivity contribution in [3.05, 3.63) is 22.7 Å². The maximum absolute atomic E-state index is 6.31. The summed E-state index contributed by atoms with van der Waals surface area (Å²) in [6, 6.07) is 4.46. The summed E-state index contributed by atoms with van der Waals surface area (Å²) in [6.07, 6.45) is 4.40. The quantitative estimate of drug-likeness (QED) is 0.341. The van der Waals surface area contributed by atoms with E-state index in [9.17, 15) is 0 Å². The minimum atomic E-state index is 0. The molecule has 0 amide bonds. The van der Waals surface area contributed by atoms with Crippen molar-refractivity contribution in [1.29, 1.82) is 0 Å². The van der Waals surface area contributed by atoms with Gasteiger partial charge in [0.1, 0.15) is 13.2 Å². The molecule has 0 unspecified atom stereocenters. The Morgan fingerprint density at radius 2 is 2.00 bits per heavy atom. The van der Waals surface area contributed by atoms with Gasteiger partial charge in [-0.05, 0) is 49.9 Å². The molecule has 3 rings (SSSR count). The minimum Gasteiger partial charge on any atom is -0.486 e. The standard InChI is InChI=1S/C20H31ClN4O2.HI/c1-3-8-25-9-5-16(6-10-25)24-20(22-2)23-7-4-15-13-17(21)19-18(14-15)26-11-12-27-19;/h13-14,16H,3-12H2,1-2H3,(H2,22,23,24);1H. The first-order chi connectivity index (χ1) is 13.2. The fraction of sp³-hybridized carbons (Fsp3) is 0.650. The van der Waals surface area contributed by atoms with Crippen LogP contribution in [0, 0.1) is 0 Å². The minimum absolute atomic E-state index is 0. The third kappa shape index (κ3) is 6.56. The van der Waals surface area contributed by atoms with E-state index >= 15 is 0 Å². The summed E-state index contributed by atoms with van der Waals surface area (Å²) in [5, 5.41) is 7.58. The Labute approximate surface area is 190 Å². The van der Waals surface area contributed by atoms with Crippen molar-refractivity contribution in [3.63, 3.8) is 0 Å². The number of nitrogens with zero attached hydrogens (tertiary/aromatic N) is 2. The van der Waals surface area contributed by atoms with Gasteiger partial charge in [0.2, 0.25) is 0 Å². The molecule has 0 radical (unpaired) electrons. The first-order valence-corrected chi connectivity index (χ1v) is 10.3. The van der Waals surface area contributed by atoms with Gasteiger partial charge in [-0.15, -0.1) is 24.0 Å². The zero-order valence-corrected chi connectivity index (χ0v) is 19.9. The number of hydrogen-bond donors (Lipinski definition) is 2. The van der Waals surface area contributed by atoms with Gasteiger partial charge in [0.05, 0.1) is 5.02 Å². The van der Waals surface area contributed by atoms with Crippen molar-refractivity contribution in [2.75, 3.05) is 46.4 Å². The lowest BCUT2D eigenvalue weighted by atomic mass is 10.1. The van der Waals surface area contributed by atoms with Crippen molar-refractivity contribution in [2.45, 2.75) is 38.6 Å².